The highest BCUT2D eigenvalue weighted by Gasteiger charge is 2.19. The summed E-state index contributed by atoms with van der Waals surface area (Å²) >= 11 is 0. The number of pyridine rings is 1. The van der Waals surface area contributed by atoms with E-state index in [0.29, 0.717) is 39.3 Å². The molecule has 148 valence electrons. The Morgan fingerprint density at radius 3 is 2.80 bits per heavy atom. The summed E-state index contributed by atoms with van der Waals surface area (Å²) in [5, 5.41) is 4.66. The molecule has 3 heterocycles. The van der Waals surface area contributed by atoms with Gasteiger partial charge in [0.2, 0.25) is 0 Å². The van der Waals surface area contributed by atoms with Crippen LogP contribution in [0.4, 0.5) is 4.39 Å². The molecule has 0 radical (unpaired) electrons. The zero-order valence-electron chi connectivity index (χ0n) is 16.0. The Hall–Kier alpha value is -4.07. The third kappa shape index (κ3) is 2.89. The molecule has 30 heavy (non-hydrogen) atoms. The van der Waals surface area contributed by atoms with E-state index < -0.39 is 0 Å². The quantitative estimate of drug-likeness (QED) is 0.462. The van der Waals surface area contributed by atoms with Crippen molar-refractivity contribution in [2.24, 2.45) is 0 Å². The smallest absolute Gasteiger partial charge is 0.262 e. The molecule has 0 fully saturated rings. The number of hydrogen-bond donors (Lipinski definition) is 0. The van der Waals surface area contributed by atoms with Gasteiger partial charge in [-0.1, -0.05) is 24.3 Å². The van der Waals surface area contributed by atoms with E-state index in [-0.39, 0.29) is 17.9 Å². The Kier molecular flexibility index (Phi) is 4.24. The van der Waals surface area contributed by atoms with E-state index in [2.05, 4.69) is 15.1 Å². The third-order valence-electron chi connectivity index (χ3n) is 4.95. The molecule has 0 bridgehead atoms. The first-order chi connectivity index (χ1) is 14.7. The lowest BCUT2D eigenvalue weighted by Crippen LogP contribution is -2.22. The minimum Gasteiger partial charge on any atom is -0.496 e. The molecule has 0 saturated heterocycles. The van der Waals surface area contributed by atoms with Crippen LogP contribution >= 0.6 is 0 Å². The standard InChI is InChI=1S/C22H16FN5O2/c1-30-18-8-3-2-7-16(18)20-19-17(26-22-24-13-25-28(20)22)9-10-27(21(19)29)12-14-5-4-6-15(23)11-14/h2-11,13H,12H2,1H3. The number of ether oxygens (including phenoxy) is 1. The van der Waals surface area contributed by atoms with Crippen molar-refractivity contribution in [2.45, 2.75) is 6.54 Å². The molecule has 2 aromatic carbocycles. The van der Waals surface area contributed by atoms with Gasteiger partial charge in [0.25, 0.3) is 11.3 Å². The van der Waals surface area contributed by atoms with Gasteiger partial charge in [0.05, 0.1) is 30.3 Å². The summed E-state index contributed by atoms with van der Waals surface area (Å²) in [6.07, 6.45) is 3.05. The van der Waals surface area contributed by atoms with E-state index in [1.165, 1.54) is 27.5 Å². The van der Waals surface area contributed by atoms with Crippen LogP contribution in [0.5, 0.6) is 5.75 Å². The van der Waals surface area contributed by atoms with Crippen molar-refractivity contribution in [2.75, 3.05) is 7.11 Å². The predicted octanol–water partition coefficient (Wildman–Crippen LogP) is 3.30. The summed E-state index contributed by atoms with van der Waals surface area (Å²) in [4.78, 5) is 22.2. The Labute approximate surface area is 170 Å². The molecule has 0 atom stereocenters. The fourth-order valence-corrected chi connectivity index (χ4v) is 3.61. The lowest BCUT2D eigenvalue weighted by molar-refractivity contribution is 0.416. The minimum atomic E-state index is -0.345. The second kappa shape index (κ2) is 7.07. The van der Waals surface area contributed by atoms with E-state index in [1.807, 2.05) is 24.3 Å². The fraction of sp³-hybridized carbons (Fsp3) is 0.0909. The molecular formula is C22H16FN5O2. The summed E-state index contributed by atoms with van der Waals surface area (Å²) in [6, 6.07) is 15.3. The van der Waals surface area contributed by atoms with Crippen LogP contribution in [0, 0.1) is 5.82 Å². The van der Waals surface area contributed by atoms with Crippen LogP contribution < -0.4 is 10.3 Å². The fourth-order valence-electron chi connectivity index (χ4n) is 3.61. The van der Waals surface area contributed by atoms with Gasteiger partial charge >= 0.3 is 0 Å². The van der Waals surface area contributed by atoms with Crippen LogP contribution in [0.3, 0.4) is 0 Å². The van der Waals surface area contributed by atoms with Crippen molar-refractivity contribution in [3.8, 4) is 17.0 Å². The highest BCUT2D eigenvalue weighted by molar-refractivity contribution is 5.94. The normalized spacial score (nSPS) is 11.3. The maximum Gasteiger partial charge on any atom is 0.262 e. The average molecular weight is 401 g/mol. The maximum absolute atomic E-state index is 13.6. The van der Waals surface area contributed by atoms with Gasteiger partial charge in [-0.15, -0.1) is 0 Å². The topological polar surface area (TPSA) is 74.3 Å². The molecule has 7 nitrogen and oxygen atoms in total. The zero-order chi connectivity index (χ0) is 20.7. The summed E-state index contributed by atoms with van der Waals surface area (Å²) < 4.78 is 22.2. The van der Waals surface area contributed by atoms with E-state index in [4.69, 9.17) is 4.74 Å². The van der Waals surface area contributed by atoms with Gasteiger partial charge in [-0.05, 0) is 35.9 Å². The SMILES string of the molecule is COc1ccccc1-c1c2c(=O)n(Cc3cccc(F)c3)ccc2nc2ncnn12. The molecule has 0 aliphatic heterocycles. The summed E-state index contributed by atoms with van der Waals surface area (Å²) in [5.74, 6) is 0.634. The number of halogens is 1. The van der Waals surface area contributed by atoms with Crippen LogP contribution in [0.1, 0.15) is 5.56 Å². The molecule has 3 aromatic heterocycles. The van der Waals surface area contributed by atoms with E-state index in [9.17, 15) is 9.18 Å². The van der Waals surface area contributed by atoms with Gasteiger partial charge in [-0.3, -0.25) is 4.79 Å². The van der Waals surface area contributed by atoms with E-state index in [1.54, 1.807) is 31.5 Å². The number of methoxy groups -OCH3 is 1. The van der Waals surface area contributed by atoms with Crippen LogP contribution in [0.25, 0.3) is 27.9 Å². The second-order valence-corrected chi connectivity index (χ2v) is 6.77. The molecule has 0 amide bonds. The van der Waals surface area contributed by atoms with Crippen LogP contribution in [0.15, 0.2) is 71.9 Å². The highest BCUT2D eigenvalue weighted by atomic mass is 19.1. The van der Waals surface area contributed by atoms with Crippen LogP contribution in [-0.4, -0.2) is 31.3 Å². The molecule has 5 rings (SSSR count). The average Bonchev–Trinajstić information content (AvgIpc) is 3.22. The van der Waals surface area contributed by atoms with Crippen molar-refractivity contribution in [3.05, 3.63) is 88.9 Å². The largest absolute Gasteiger partial charge is 0.496 e. The van der Waals surface area contributed by atoms with Crippen molar-refractivity contribution >= 4 is 16.7 Å². The summed E-state index contributed by atoms with van der Waals surface area (Å²) in [5.41, 5.74) is 2.16. The molecular weight excluding hydrogens is 385 g/mol. The first kappa shape index (κ1) is 18.0. The zero-order valence-corrected chi connectivity index (χ0v) is 16.0. The molecule has 5 aromatic rings. The first-order valence-electron chi connectivity index (χ1n) is 9.26. The Morgan fingerprint density at radius 2 is 1.97 bits per heavy atom. The number of fused-ring (bicyclic) bond motifs is 2. The third-order valence-corrected chi connectivity index (χ3v) is 4.95. The van der Waals surface area contributed by atoms with Gasteiger partial charge in [0, 0.05) is 11.8 Å². The predicted molar refractivity (Wildman–Crippen MR) is 110 cm³/mol. The van der Waals surface area contributed by atoms with Crippen LogP contribution in [-0.2, 0) is 6.54 Å². The number of benzene rings is 2. The van der Waals surface area contributed by atoms with Gasteiger partial charge < -0.3 is 9.30 Å². The van der Waals surface area contributed by atoms with Crippen molar-refractivity contribution in [1.29, 1.82) is 0 Å². The van der Waals surface area contributed by atoms with Gasteiger partial charge in [0.1, 0.15) is 17.9 Å². The van der Waals surface area contributed by atoms with Crippen LogP contribution in [0.2, 0.25) is 0 Å². The van der Waals surface area contributed by atoms with Gasteiger partial charge in [-0.2, -0.15) is 14.6 Å². The number of aromatic nitrogens is 5. The Bertz CT molecular complexity index is 1460. The minimum absolute atomic E-state index is 0.229. The molecule has 0 N–H and O–H groups in total. The monoisotopic (exact) mass is 401 g/mol. The molecule has 0 saturated carbocycles. The Morgan fingerprint density at radius 1 is 1.10 bits per heavy atom. The van der Waals surface area contributed by atoms with Crippen molar-refractivity contribution < 1.29 is 9.13 Å². The number of hydrogen-bond acceptors (Lipinski definition) is 5. The van der Waals surface area contributed by atoms with Gasteiger partial charge in [0.15, 0.2) is 0 Å². The lowest BCUT2D eigenvalue weighted by atomic mass is 10.1. The molecule has 0 unspecified atom stereocenters. The number of nitrogens with zero attached hydrogens (tertiary/aromatic N) is 5. The van der Waals surface area contributed by atoms with Crippen molar-refractivity contribution in [1.82, 2.24) is 24.1 Å². The molecule has 0 spiro atoms. The van der Waals surface area contributed by atoms with E-state index in [0.717, 1.165) is 0 Å². The van der Waals surface area contributed by atoms with Crippen molar-refractivity contribution in [3.63, 3.8) is 0 Å². The number of para-hydroxylation sites is 1. The number of rotatable bonds is 4. The molecule has 0 aliphatic carbocycles. The lowest BCUT2D eigenvalue weighted by Gasteiger charge is -2.13. The Balaban J connectivity index is 1.82. The summed E-state index contributed by atoms with van der Waals surface area (Å²) in [7, 11) is 1.57. The van der Waals surface area contributed by atoms with Gasteiger partial charge in [-0.25, -0.2) is 9.37 Å². The molecule has 8 heteroatoms. The first-order valence-corrected chi connectivity index (χ1v) is 9.26. The summed E-state index contributed by atoms with van der Waals surface area (Å²) in [6.45, 7) is 0.229. The highest BCUT2D eigenvalue weighted by Crippen LogP contribution is 2.33. The second-order valence-electron chi connectivity index (χ2n) is 6.77. The molecule has 0 aliphatic rings. The maximum atomic E-state index is 13.6. The van der Waals surface area contributed by atoms with E-state index >= 15 is 0 Å².